The highest BCUT2D eigenvalue weighted by Crippen LogP contribution is 2.19. The van der Waals surface area contributed by atoms with Gasteiger partial charge in [-0.05, 0) is 43.2 Å². The quantitative estimate of drug-likeness (QED) is 0.387. The Morgan fingerprint density at radius 1 is 0.944 bits per heavy atom. The van der Waals surface area contributed by atoms with E-state index >= 15 is 0 Å². The first kappa shape index (κ1) is 27.0. The third-order valence-corrected chi connectivity index (χ3v) is 6.02. The van der Waals surface area contributed by atoms with Gasteiger partial charge in [-0.1, -0.05) is 60.7 Å². The van der Waals surface area contributed by atoms with Crippen molar-refractivity contribution in [3.63, 3.8) is 0 Å². The van der Waals surface area contributed by atoms with Crippen molar-refractivity contribution in [2.45, 2.75) is 57.4 Å². The van der Waals surface area contributed by atoms with Crippen LogP contribution < -0.4 is 10.6 Å². The predicted octanol–water partition coefficient (Wildman–Crippen LogP) is 3.36. The Balaban J connectivity index is 1.32. The van der Waals surface area contributed by atoms with E-state index in [0.29, 0.717) is 45.2 Å². The second-order valence-electron chi connectivity index (χ2n) is 8.76. The SMILES string of the molecule is O=C(NCCCCC(CO)NC(=O)C1CCCN1C(=O)OCc1ccccc1)OCc1ccccc1. The molecule has 0 spiro atoms. The third kappa shape index (κ3) is 8.88. The van der Waals surface area contributed by atoms with Gasteiger partial charge in [0.15, 0.2) is 0 Å². The van der Waals surface area contributed by atoms with E-state index in [9.17, 15) is 19.5 Å². The Morgan fingerprint density at radius 2 is 1.58 bits per heavy atom. The van der Waals surface area contributed by atoms with E-state index in [-0.39, 0.29) is 25.7 Å². The maximum atomic E-state index is 12.8. The van der Waals surface area contributed by atoms with Gasteiger partial charge in [0.1, 0.15) is 19.3 Å². The standard InChI is InChI=1S/C27H35N3O6/c31-18-23(14-7-8-16-28-26(33)35-19-21-10-3-1-4-11-21)29-25(32)24-15-9-17-30(24)27(34)36-20-22-12-5-2-6-13-22/h1-6,10-13,23-24,31H,7-9,14-20H2,(H,28,33)(H,29,32). The molecule has 1 saturated heterocycles. The fraction of sp³-hybridized carbons (Fsp3) is 0.444. The number of amides is 3. The number of hydrogen-bond donors (Lipinski definition) is 3. The molecule has 2 aromatic rings. The highest BCUT2D eigenvalue weighted by Gasteiger charge is 2.35. The number of hydrogen-bond acceptors (Lipinski definition) is 6. The van der Waals surface area contributed by atoms with E-state index in [0.717, 1.165) is 11.1 Å². The number of rotatable bonds is 12. The van der Waals surface area contributed by atoms with Crippen molar-refractivity contribution in [2.75, 3.05) is 19.7 Å². The number of unbranched alkanes of at least 4 members (excludes halogenated alkanes) is 1. The second-order valence-corrected chi connectivity index (χ2v) is 8.76. The van der Waals surface area contributed by atoms with Gasteiger partial charge in [0.25, 0.3) is 0 Å². The molecule has 2 aromatic carbocycles. The van der Waals surface area contributed by atoms with Crippen LogP contribution in [0.3, 0.4) is 0 Å². The van der Waals surface area contributed by atoms with Gasteiger partial charge >= 0.3 is 12.2 Å². The maximum Gasteiger partial charge on any atom is 0.410 e. The molecule has 3 N–H and O–H groups in total. The minimum atomic E-state index is -0.608. The molecule has 3 rings (SSSR count). The highest BCUT2D eigenvalue weighted by atomic mass is 16.6. The summed E-state index contributed by atoms with van der Waals surface area (Å²) >= 11 is 0. The van der Waals surface area contributed by atoms with Crippen LogP contribution in [0, 0.1) is 0 Å². The van der Waals surface area contributed by atoms with E-state index in [1.807, 2.05) is 60.7 Å². The first-order chi connectivity index (χ1) is 17.6. The second kappa shape index (κ2) is 14.7. The third-order valence-electron chi connectivity index (χ3n) is 6.02. The van der Waals surface area contributed by atoms with Crippen molar-refractivity contribution in [3.05, 3.63) is 71.8 Å². The highest BCUT2D eigenvalue weighted by molar-refractivity contribution is 5.86. The summed E-state index contributed by atoms with van der Waals surface area (Å²) in [6.07, 6.45) is 2.20. The molecule has 1 fully saturated rings. The number of carbonyl (C=O) groups is 3. The Hall–Kier alpha value is -3.59. The van der Waals surface area contributed by atoms with Crippen molar-refractivity contribution in [3.8, 4) is 0 Å². The van der Waals surface area contributed by atoms with Crippen molar-refractivity contribution in [1.82, 2.24) is 15.5 Å². The number of likely N-dealkylation sites (tertiary alicyclic amines) is 1. The van der Waals surface area contributed by atoms with E-state index in [1.165, 1.54) is 4.90 Å². The number of ether oxygens (including phenoxy) is 2. The molecule has 36 heavy (non-hydrogen) atoms. The van der Waals surface area contributed by atoms with Gasteiger partial charge in [-0.25, -0.2) is 9.59 Å². The van der Waals surface area contributed by atoms with Crippen LogP contribution in [0.25, 0.3) is 0 Å². The van der Waals surface area contributed by atoms with Crippen LogP contribution in [-0.4, -0.2) is 59.9 Å². The molecule has 9 heteroatoms. The molecule has 9 nitrogen and oxygen atoms in total. The van der Waals surface area contributed by atoms with Gasteiger partial charge in [0.05, 0.1) is 12.6 Å². The van der Waals surface area contributed by atoms with Crippen LogP contribution in [0.15, 0.2) is 60.7 Å². The van der Waals surface area contributed by atoms with Crippen LogP contribution in [0.4, 0.5) is 9.59 Å². The van der Waals surface area contributed by atoms with E-state index < -0.39 is 24.3 Å². The molecule has 1 aliphatic rings. The smallest absolute Gasteiger partial charge is 0.410 e. The van der Waals surface area contributed by atoms with Crippen molar-refractivity contribution >= 4 is 18.1 Å². The maximum absolute atomic E-state index is 12.8. The summed E-state index contributed by atoms with van der Waals surface area (Å²) < 4.78 is 10.6. The number of nitrogens with zero attached hydrogens (tertiary/aromatic N) is 1. The molecule has 0 saturated carbocycles. The van der Waals surface area contributed by atoms with Gasteiger partial charge in [0, 0.05) is 13.1 Å². The minimum Gasteiger partial charge on any atom is -0.445 e. The van der Waals surface area contributed by atoms with Crippen LogP contribution in [-0.2, 0) is 27.5 Å². The van der Waals surface area contributed by atoms with Gasteiger partial charge in [0.2, 0.25) is 5.91 Å². The lowest BCUT2D eigenvalue weighted by Crippen LogP contribution is -2.49. The van der Waals surface area contributed by atoms with E-state index in [1.54, 1.807) is 0 Å². The molecule has 0 bridgehead atoms. The monoisotopic (exact) mass is 497 g/mol. The molecule has 0 aliphatic carbocycles. The van der Waals surface area contributed by atoms with Gasteiger partial charge in [-0.15, -0.1) is 0 Å². The molecule has 3 amide bonds. The number of aliphatic hydroxyl groups is 1. The lowest BCUT2D eigenvalue weighted by molar-refractivity contribution is -0.126. The molecule has 2 unspecified atom stereocenters. The number of carbonyl (C=O) groups excluding carboxylic acids is 3. The van der Waals surface area contributed by atoms with Gasteiger partial charge in [-0.2, -0.15) is 0 Å². The molecule has 194 valence electrons. The molecule has 2 atom stereocenters. The summed E-state index contributed by atoms with van der Waals surface area (Å²) in [4.78, 5) is 38.6. The molecule has 0 radical (unpaired) electrons. The lowest BCUT2D eigenvalue weighted by atomic mass is 10.1. The van der Waals surface area contributed by atoms with Crippen LogP contribution in [0.2, 0.25) is 0 Å². The zero-order chi connectivity index (χ0) is 25.6. The Morgan fingerprint density at radius 3 is 2.22 bits per heavy atom. The average Bonchev–Trinajstić information content (AvgIpc) is 3.41. The number of benzene rings is 2. The molecule has 1 aliphatic heterocycles. The summed E-state index contributed by atoms with van der Waals surface area (Å²) in [7, 11) is 0. The Kier molecular flexibility index (Phi) is 11.0. The van der Waals surface area contributed by atoms with E-state index in [2.05, 4.69) is 10.6 Å². The zero-order valence-electron chi connectivity index (χ0n) is 20.4. The summed E-state index contributed by atoms with van der Waals surface area (Å²) in [5, 5.41) is 15.3. The normalized spacial score (nSPS) is 15.7. The molecule has 0 aromatic heterocycles. The average molecular weight is 498 g/mol. The fourth-order valence-corrected chi connectivity index (χ4v) is 4.05. The molecular formula is C27H35N3O6. The van der Waals surface area contributed by atoms with Crippen LogP contribution in [0.5, 0.6) is 0 Å². The topological polar surface area (TPSA) is 117 Å². The van der Waals surface area contributed by atoms with Gasteiger partial charge in [-0.3, -0.25) is 9.69 Å². The summed E-state index contributed by atoms with van der Waals surface area (Å²) in [6, 6.07) is 17.8. The minimum absolute atomic E-state index is 0.150. The fourth-order valence-electron chi connectivity index (χ4n) is 4.05. The predicted molar refractivity (Wildman–Crippen MR) is 134 cm³/mol. The van der Waals surface area contributed by atoms with E-state index in [4.69, 9.17) is 9.47 Å². The summed E-state index contributed by atoms with van der Waals surface area (Å²) in [5.41, 5.74) is 1.80. The summed E-state index contributed by atoms with van der Waals surface area (Å²) in [5.74, 6) is -0.286. The van der Waals surface area contributed by atoms with Crippen molar-refractivity contribution in [2.24, 2.45) is 0 Å². The summed E-state index contributed by atoms with van der Waals surface area (Å²) in [6.45, 7) is 1.05. The first-order valence-corrected chi connectivity index (χ1v) is 12.4. The zero-order valence-corrected chi connectivity index (χ0v) is 20.4. The first-order valence-electron chi connectivity index (χ1n) is 12.4. The lowest BCUT2D eigenvalue weighted by Gasteiger charge is -2.25. The largest absolute Gasteiger partial charge is 0.445 e. The number of nitrogens with one attached hydrogen (secondary N) is 2. The Bertz CT molecular complexity index is 956. The molecule has 1 heterocycles. The van der Waals surface area contributed by atoms with Crippen LogP contribution >= 0.6 is 0 Å². The Labute approximate surface area is 211 Å². The van der Waals surface area contributed by atoms with Crippen molar-refractivity contribution < 1.29 is 29.0 Å². The number of aliphatic hydroxyl groups excluding tert-OH is 1. The number of alkyl carbamates (subject to hydrolysis) is 1. The molecular weight excluding hydrogens is 462 g/mol. The van der Waals surface area contributed by atoms with Gasteiger partial charge < -0.3 is 25.2 Å². The van der Waals surface area contributed by atoms with Crippen LogP contribution in [0.1, 0.15) is 43.2 Å². The van der Waals surface area contributed by atoms with Crippen molar-refractivity contribution in [1.29, 1.82) is 0 Å².